The molecule has 0 rings (SSSR count). The molecular formula is C10H22N2O3. The van der Waals surface area contributed by atoms with Gasteiger partial charge >= 0.3 is 0 Å². The van der Waals surface area contributed by atoms with Gasteiger partial charge < -0.3 is 20.5 Å². The monoisotopic (exact) mass is 218 g/mol. The highest BCUT2D eigenvalue weighted by Crippen LogP contribution is 1.99. The molecule has 0 saturated carbocycles. The third-order valence-electron chi connectivity index (χ3n) is 1.78. The number of hydrogen-bond acceptors (Lipinski definition) is 4. The molecule has 0 saturated heterocycles. The molecule has 0 aliphatic rings. The van der Waals surface area contributed by atoms with Gasteiger partial charge in [-0.3, -0.25) is 4.79 Å². The number of nitrogens with one attached hydrogen (secondary N) is 1. The topological polar surface area (TPSA) is 73.6 Å². The molecule has 5 nitrogen and oxygen atoms in total. The smallest absolute Gasteiger partial charge is 0.221 e. The molecule has 0 fully saturated rings. The van der Waals surface area contributed by atoms with Crippen LogP contribution in [-0.2, 0) is 14.3 Å². The van der Waals surface area contributed by atoms with E-state index in [0.717, 1.165) is 0 Å². The molecule has 5 heteroatoms. The molecule has 0 aliphatic carbocycles. The summed E-state index contributed by atoms with van der Waals surface area (Å²) >= 11 is 0. The molecule has 0 radical (unpaired) electrons. The number of nitrogens with two attached hydrogens (primary N) is 1. The van der Waals surface area contributed by atoms with E-state index in [1.165, 1.54) is 0 Å². The van der Waals surface area contributed by atoms with Gasteiger partial charge in [0.05, 0.1) is 0 Å². The molecule has 90 valence electrons. The Hall–Kier alpha value is -0.650. The first-order valence-corrected chi connectivity index (χ1v) is 5.44. The van der Waals surface area contributed by atoms with Crippen molar-refractivity contribution in [3.63, 3.8) is 0 Å². The fourth-order valence-corrected chi connectivity index (χ4v) is 1.14. The average molecular weight is 218 g/mol. The summed E-state index contributed by atoms with van der Waals surface area (Å²) in [5.41, 5.74) is 5.25. The summed E-state index contributed by atoms with van der Waals surface area (Å²) in [6.07, 6.45) is 0.810. The standard InChI is InChI=1S/C10H22N2O3/c1-3-14-10(15-4-2)6-8-12-9(13)5-7-11/h10H,3-8,11H2,1-2H3,(H,12,13). The van der Waals surface area contributed by atoms with Gasteiger partial charge in [-0.15, -0.1) is 0 Å². The van der Waals surface area contributed by atoms with Crippen molar-refractivity contribution >= 4 is 5.91 Å². The normalized spacial score (nSPS) is 10.7. The average Bonchev–Trinajstić information content (AvgIpc) is 2.19. The van der Waals surface area contributed by atoms with E-state index in [9.17, 15) is 4.79 Å². The fraction of sp³-hybridized carbons (Fsp3) is 0.900. The van der Waals surface area contributed by atoms with Gasteiger partial charge in [0.1, 0.15) is 0 Å². The van der Waals surface area contributed by atoms with Crippen molar-refractivity contribution < 1.29 is 14.3 Å². The minimum absolute atomic E-state index is 0.0238. The van der Waals surface area contributed by atoms with E-state index in [1.54, 1.807) is 0 Å². The molecule has 0 aromatic heterocycles. The Morgan fingerprint density at radius 2 is 1.93 bits per heavy atom. The van der Waals surface area contributed by atoms with Crippen molar-refractivity contribution in [2.75, 3.05) is 26.3 Å². The molecule has 15 heavy (non-hydrogen) atoms. The van der Waals surface area contributed by atoms with Gasteiger partial charge in [-0.25, -0.2) is 0 Å². The lowest BCUT2D eigenvalue weighted by Crippen LogP contribution is -2.30. The summed E-state index contributed by atoms with van der Waals surface area (Å²) in [5.74, 6) is -0.0238. The van der Waals surface area contributed by atoms with E-state index in [4.69, 9.17) is 15.2 Å². The quantitative estimate of drug-likeness (QED) is 0.544. The molecule has 0 aromatic rings. The molecule has 0 bridgehead atoms. The van der Waals surface area contributed by atoms with Crippen LogP contribution in [-0.4, -0.2) is 38.5 Å². The Balaban J connectivity index is 3.55. The van der Waals surface area contributed by atoms with Gasteiger partial charge in [0.15, 0.2) is 6.29 Å². The maximum absolute atomic E-state index is 11.1. The van der Waals surface area contributed by atoms with Crippen LogP contribution in [0.5, 0.6) is 0 Å². The second-order valence-electron chi connectivity index (χ2n) is 3.02. The highest BCUT2D eigenvalue weighted by Gasteiger charge is 2.07. The fourth-order valence-electron chi connectivity index (χ4n) is 1.14. The molecule has 0 unspecified atom stereocenters. The number of amides is 1. The van der Waals surface area contributed by atoms with Crippen molar-refractivity contribution in [2.45, 2.75) is 33.0 Å². The number of ether oxygens (including phenoxy) is 2. The summed E-state index contributed by atoms with van der Waals surface area (Å²) in [4.78, 5) is 11.1. The molecule has 1 amide bonds. The van der Waals surface area contributed by atoms with Gasteiger partial charge in [-0.05, 0) is 13.8 Å². The van der Waals surface area contributed by atoms with Crippen molar-refractivity contribution in [3.05, 3.63) is 0 Å². The van der Waals surface area contributed by atoms with Gasteiger partial charge in [0.2, 0.25) is 5.91 Å². The predicted octanol–water partition coefficient (Wildman–Crippen LogP) is 0.241. The highest BCUT2D eigenvalue weighted by molar-refractivity contribution is 5.75. The van der Waals surface area contributed by atoms with Crippen LogP contribution >= 0.6 is 0 Å². The van der Waals surface area contributed by atoms with E-state index in [1.807, 2.05) is 13.8 Å². The first-order valence-electron chi connectivity index (χ1n) is 5.44. The Labute approximate surface area is 91.3 Å². The van der Waals surface area contributed by atoms with Gasteiger partial charge in [0, 0.05) is 39.1 Å². The zero-order valence-corrected chi connectivity index (χ0v) is 9.62. The number of carbonyl (C=O) groups excluding carboxylic acids is 1. The van der Waals surface area contributed by atoms with Crippen LogP contribution in [0.2, 0.25) is 0 Å². The van der Waals surface area contributed by atoms with E-state index < -0.39 is 0 Å². The second kappa shape index (κ2) is 9.89. The summed E-state index contributed by atoms with van der Waals surface area (Å²) < 4.78 is 10.7. The van der Waals surface area contributed by atoms with Gasteiger partial charge in [0.25, 0.3) is 0 Å². The summed E-state index contributed by atoms with van der Waals surface area (Å²) in [7, 11) is 0. The Morgan fingerprint density at radius 3 is 2.40 bits per heavy atom. The van der Waals surface area contributed by atoms with Crippen LogP contribution in [0.15, 0.2) is 0 Å². The molecule has 0 spiro atoms. The van der Waals surface area contributed by atoms with Crippen LogP contribution in [0, 0.1) is 0 Å². The lowest BCUT2D eigenvalue weighted by atomic mass is 10.3. The molecular weight excluding hydrogens is 196 g/mol. The minimum atomic E-state index is -0.224. The minimum Gasteiger partial charge on any atom is -0.356 e. The van der Waals surface area contributed by atoms with Crippen LogP contribution < -0.4 is 11.1 Å². The van der Waals surface area contributed by atoms with Crippen molar-refractivity contribution in [1.29, 1.82) is 0 Å². The Kier molecular flexibility index (Phi) is 9.46. The van der Waals surface area contributed by atoms with Crippen LogP contribution in [0.1, 0.15) is 26.7 Å². The van der Waals surface area contributed by atoms with Crippen LogP contribution in [0.4, 0.5) is 0 Å². The first-order chi connectivity index (χ1) is 7.24. The Bertz CT molecular complexity index is 159. The number of hydrogen-bond donors (Lipinski definition) is 2. The van der Waals surface area contributed by atoms with Gasteiger partial charge in [-0.2, -0.15) is 0 Å². The van der Waals surface area contributed by atoms with Crippen molar-refractivity contribution in [3.8, 4) is 0 Å². The van der Waals surface area contributed by atoms with Crippen molar-refractivity contribution in [1.82, 2.24) is 5.32 Å². The van der Waals surface area contributed by atoms with Crippen LogP contribution in [0.3, 0.4) is 0 Å². The van der Waals surface area contributed by atoms with E-state index in [2.05, 4.69) is 5.32 Å². The molecule has 0 aromatic carbocycles. The van der Waals surface area contributed by atoms with Crippen molar-refractivity contribution in [2.24, 2.45) is 5.73 Å². The molecule has 0 atom stereocenters. The lowest BCUT2D eigenvalue weighted by Gasteiger charge is -2.16. The summed E-state index contributed by atoms with van der Waals surface area (Å²) in [6, 6.07) is 0. The summed E-state index contributed by atoms with van der Waals surface area (Å²) in [6.45, 7) is 6.00. The largest absolute Gasteiger partial charge is 0.356 e. The highest BCUT2D eigenvalue weighted by atomic mass is 16.7. The zero-order chi connectivity index (χ0) is 11.5. The molecule has 3 N–H and O–H groups in total. The second-order valence-corrected chi connectivity index (χ2v) is 3.02. The molecule has 0 aliphatic heterocycles. The lowest BCUT2D eigenvalue weighted by molar-refractivity contribution is -0.139. The first kappa shape index (κ1) is 14.3. The number of rotatable bonds is 9. The van der Waals surface area contributed by atoms with Crippen LogP contribution in [0.25, 0.3) is 0 Å². The van der Waals surface area contributed by atoms with E-state index in [0.29, 0.717) is 39.1 Å². The third-order valence-corrected chi connectivity index (χ3v) is 1.78. The Morgan fingerprint density at radius 1 is 1.33 bits per heavy atom. The third kappa shape index (κ3) is 8.35. The number of carbonyl (C=O) groups is 1. The predicted molar refractivity (Wildman–Crippen MR) is 58.3 cm³/mol. The maximum atomic E-state index is 11.1. The van der Waals surface area contributed by atoms with E-state index in [-0.39, 0.29) is 12.2 Å². The molecule has 0 heterocycles. The summed E-state index contributed by atoms with van der Waals surface area (Å²) in [5, 5.41) is 2.75. The zero-order valence-electron chi connectivity index (χ0n) is 9.62. The maximum Gasteiger partial charge on any atom is 0.221 e. The van der Waals surface area contributed by atoms with Gasteiger partial charge in [-0.1, -0.05) is 0 Å². The van der Waals surface area contributed by atoms with E-state index >= 15 is 0 Å². The SMILES string of the molecule is CCOC(CCNC(=O)CCN)OCC.